The molecule has 1 aromatic rings. The maximum absolute atomic E-state index is 6.02. The molecule has 0 aromatic heterocycles. The molecule has 3 heteroatoms. The molecule has 1 fully saturated rings. The molecule has 0 amide bonds. The SMILES string of the molecule is CC1(NCc2cc(Cl)ccc2Br)CCCCC1. The first-order valence-electron chi connectivity index (χ1n) is 6.28. The van der Waals surface area contributed by atoms with Crippen molar-refractivity contribution in [2.45, 2.75) is 51.1 Å². The Bertz CT molecular complexity index is 386. The molecule has 94 valence electrons. The molecule has 0 aliphatic heterocycles. The molecule has 2 rings (SSSR count). The minimum atomic E-state index is 0.306. The summed E-state index contributed by atoms with van der Waals surface area (Å²) in [5, 5.41) is 4.50. The van der Waals surface area contributed by atoms with E-state index in [2.05, 4.69) is 28.2 Å². The maximum atomic E-state index is 6.02. The molecule has 0 heterocycles. The van der Waals surface area contributed by atoms with Crippen LogP contribution in [0.5, 0.6) is 0 Å². The lowest BCUT2D eigenvalue weighted by atomic mass is 9.83. The monoisotopic (exact) mass is 315 g/mol. The Morgan fingerprint density at radius 3 is 2.71 bits per heavy atom. The zero-order valence-electron chi connectivity index (χ0n) is 10.2. The molecular weight excluding hydrogens is 298 g/mol. The summed E-state index contributed by atoms with van der Waals surface area (Å²) in [7, 11) is 0. The molecule has 0 bridgehead atoms. The van der Waals surface area contributed by atoms with Gasteiger partial charge in [-0.05, 0) is 43.5 Å². The van der Waals surface area contributed by atoms with Crippen molar-refractivity contribution in [2.75, 3.05) is 0 Å². The molecule has 0 radical (unpaired) electrons. The van der Waals surface area contributed by atoms with E-state index in [1.807, 2.05) is 18.2 Å². The van der Waals surface area contributed by atoms with Gasteiger partial charge in [0.15, 0.2) is 0 Å². The van der Waals surface area contributed by atoms with Crippen molar-refractivity contribution in [2.24, 2.45) is 0 Å². The number of rotatable bonds is 3. The Balaban J connectivity index is 1.99. The molecule has 1 nitrogen and oxygen atoms in total. The van der Waals surface area contributed by atoms with Gasteiger partial charge in [0, 0.05) is 21.6 Å². The topological polar surface area (TPSA) is 12.0 Å². The minimum absolute atomic E-state index is 0.306. The first-order valence-corrected chi connectivity index (χ1v) is 7.45. The van der Waals surface area contributed by atoms with Gasteiger partial charge in [-0.15, -0.1) is 0 Å². The molecule has 0 saturated heterocycles. The molecule has 0 spiro atoms. The molecule has 0 atom stereocenters. The summed E-state index contributed by atoms with van der Waals surface area (Å²) >= 11 is 9.60. The van der Waals surface area contributed by atoms with E-state index in [-0.39, 0.29) is 0 Å². The summed E-state index contributed by atoms with van der Waals surface area (Å²) in [5.41, 5.74) is 1.55. The second-order valence-electron chi connectivity index (χ2n) is 5.21. The predicted molar refractivity (Wildman–Crippen MR) is 77.5 cm³/mol. The van der Waals surface area contributed by atoms with Crippen LogP contribution in [-0.4, -0.2) is 5.54 Å². The van der Waals surface area contributed by atoms with Gasteiger partial charge < -0.3 is 5.32 Å². The summed E-state index contributed by atoms with van der Waals surface area (Å²) < 4.78 is 1.13. The van der Waals surface area contributed by atoms with Crippen molar-refractivity contribution in [3.63, 3.8) is 0 Å². The second kappa shape index (κ2) is 5.73. The highest BCUT2D eigenvalue weighted by Crippen LogP contribution is 2.29. The van der Waals surface area contributed by atoms with E-state index in [4.69, 9.17) is 11.6 Å². The van der Waals surface area contributed by atoms with Crippen LogP contribution in [0.15, 0.2) is 22.7 Å². The van der Waals surface area contributed by atoms with Gasteiger partial charge >= 0.3 is 0 Å². The number of hydrogen-bond donors (Lipinski definition) is 1. The van der Waals surface area contributed by atoms with Crippen LogP contribution >= 0.6 is 27.5 Å². The predicted octanol–water partition coefficient (Wildman–Crippen LogP) is 4.91. The normalized spacial score (nSPS) is 19.2. The molecule has 1 N–H and O–H groups in total. The second-order valence-corrected chi connectivity index (χ2v) is 6.50. The Morgan fingerprint density at radius 2 is 2.00 bits per heavy atom. The lowest BCUT2D eigenvalue weighted by Crippen LogP contribution is -2.43. The lowest BCUT2D eigenvalue weighted by molar-refractivity contribution is 0.252. The molecule has 0 unspecified atom stereocenters. The minimum Gasteiger partial charge on any atom is -0.307 e. The third kappa shape index (κ3) is 3.70. The smallest absolute Gasteiger partial charge is 0.0410 e. The first kappa shape index (κ1) is 13.4. The number of nitrogens with one attached hydrogen (secondary N) is 1. The van der Waals surface area contributed by atoms with E-state index in [1.54, 1.807) is 0 Å². The van der Waals surface area contributed by atoms with Crippen LogP contribution in [-0.2, 0) is 6.54 Å². The summed E-state index contributed by atoms with van der Waals surface area (Å²) in [4.78, 5) is 0. The van der Waals surface area contributed by atoms with Crippen molar-refractivity contribution >= 4 is 27.5 Å². The number of benzene rings is 1. The molecule has 17 heavy (non-hydrogen) atoms. The zero-order valence-corrected chi connectivity index (χ0v) is 12.6. The van der Waals surface area contributed by atoms with Gasteiger partial charge in [-0.3, -0.25) is 0 Å². The average molecular weight is 317 g/mol. The van der Waals surface area contributed by atoms with E-state index in [1.165, 1.54) is 37.7 Å². The molecule has 1 aliphatic carbocycles. The zero-order chi connectivity index (χ0) is 12.3. The number of hydrogen-bond acceptors (Lipinski definition) is 1. The van der Waals surface area contributed by atoms with Crippen LogP contribution in [0.2, 0.25) is 5.02 Å². The summed E-state index contributed by atoms with van der Waals surface area (Å²) in [6.45, 7) is 3.22. The van der Waals surface area contributed by atoms with Gasteiger partial charge in [0.1, 0.15) is 0 Å². The van der Waals surface area contributed by atoms with E-state index in [0.29, 0.717) is 5.54 Å². The lowest BCUT2D eigenvalue weighted by Gasteiger charge is -2.35. The molecule has 1 aliphatic rings. The van der Waals surface area contributed by atoms with Crippen LogP contribution in [0.1, 0.15) is 44.6 Å². The Labute approximate surface area is 117 Å². The summed E-state index contributed by atoms with van der Waals surface area (Å²) in [6, 6.07) is 5.96. The van der Waals surface area contributed by atoms with E-state index in [9.17, 15) is 0 Å². The van der Waals surface area contributed by atoms with Gasteiger partial charge in [0.25, 0.3) is 0 Å². The largest absolute Gasteiger partial charge is 0.307 e. The van der Waals surface area contributed by atoms with Crippen molar-refractivity contribution in [1.82, 2.24) is 5.32 Å². The Kier molecular flexibility index (Phi) is 4.51. The first-order chi connectivity index (χ1) is 8.09. The average Bonchev–Trinajstić information content (AvgIpc) is 2.31. The fraction of sp³-hybridized carbons (Fsp3) is 0.571. The Morgan fingerprint density at radius 1 is 1.29 bits per heavy atom. The van der Waals surface area contributed by atoms with Gasteiger partial charge in [0.05, 0.1) is 0 Å². The molecule has 1 aromatic carbocycles. The third-order valence-corrected chi connectivity index (χ3v) is 4.68. The van der Waals surface area contributed by atoms with Crippen molar-refractivity contribution in [3.8, 4) is 0 Å². The van der Waals surface area contributed by atoms with Crippen LogP contribution in [0.3, 0.4) is 0 Å². The third-order valence-electron chi connectivity index (χ3n) is 3.67. The summed E-state index contributed by atoms with van der Waals surface area (Å²) in [6.07, 6.45) is 6.65. The highest BCUT2D eigenvalue weighted by Gasteiger charge is 2.25. The number of halogens is 2. The fourth-order valence-corrected chi connectivity index (χ4v) is 3.08. The quantitative estimate of drug-likeness (QED) is 0.835. The van der Waals surface area contributed by atoms with Crippen molar-refractivity contribution in [1.29, 1.82) is 0 Å². The van der Waals surface area contributed by atoms with Crippen LogP contribution in [0.4, 0.5) is 0 Å². The molecular formula is C14H19BrClN. The maximum Gasteiger partial charge on any atom is 0.0410 e. The van der Waals surface area contributed by atoms with Gasteiger partial charge in [-0.2, -0.15) is 0 Å². The highest BCUT2D eigenvalue weighted by atomic mass is 79.9. The molecule has 1 saturated carbocycles. The van der Waals surface area contributed by atoms with E-state index >= 15 is 0 Å². The van der Waals surface area contributed by atoms with Crippen LogP contribution in [0.25, 0.3) is 0 Å². The Hall–Kier alpha value is -0.0500. The van der Waals surface area contributed by atoms with E-state index in [0.717, 1.165) is 16.0 Å². The van der Waals surface area contributed by atoms with E-state index < -0.39 is 0 Å². The van der Waals surface area contributed by atoms with Crippen LogP contribution < -0.4 is 5.32 Å². The van der Waals surface area contributed by atoms with Gasteiger partial charge in [0.2, 0.25) is 0 Å². The van der Waals surface area contributed by atoms with Crippen molar-refractivity contribution < 1.29 is 0 Å². The van der Waals surface area contributed by atoms with Gasteiger partial charge in [-0.25, -0.2) is 0 Å². The van der Waals surface area contributed by atoms with Gasteiger partial charge in [-0.1, -0.05) is 46.8 Å². The van der Waals surface area contributed by atoms with Crippen molar-refractivity contribution in [3.05, 3.63) is 33.3 Å². The summed E-state index contributed by atoms with van der Waals surface area (Å²) in [5.74, 6) is 0. The highest BCUT2D eigenvalue weighted by molar-refractivity contribution is 9.10. The van der Waals surface area contributed by atoms with Crippen LogP contribution in [0, 0.1) is 0 Å². The standard InChI is InChI=1S/C14H19BrClN/c1-14(7-3-2-4-8-14)17-10-11-9-12(16)5-6-13(11)15/h5-6,9,17H,2-4,7-8,10H2,1H3. The fourth-order valence-electron chi connectivity index (χ4n) is 2.50.